The number of anilines is 1. The molecule has 7 amide bonds. The molecule has 0 bridgehead atoms. The zero-order valence-electron chi connectivity index (χ0n) is 28.4. The van der Waals surface area contributed by atoms with Crippen LogP contribution in [0.5, 0.6) is 11.5 Å². The fraction of sp³-hybridized carbons (Fsp3) is 0.379. The van der Waals surface area contributed by atoms with Crippen LogP contribution in [0.15, 0.2) is 22.7 Å². The number of carbonyl (C=O) groups is 8. The summed E-state index contributed by atoms with van der Waals surface area (Å²) in [6.45, 7) is 0.781. The van der Waals surface area contributed by atoms with Crippen molar-refractivity contribution in [3.8, 4) is 11.5 Å². The van der Waals surface area contributed by atoms with Crippen molar-refractivity contribution in [1.82, 2.24) is 40.9 Å². The summed E-state index contributed by atoms with van der Waals surface area (Å²) in [5.41, 5.74) is 5.04. The second kappa shape index (κ2) is 15.4. The van der Waals surface area contributed by atoms with Crippen molar-refractivity contribution >= 4 is 93.4 Å². The summed E-state index contributed by atoms with van der Waals surface area (Å²) in [5, 5.41) is 47.9. The number of thioether (sulfide) groups is 1. The van der Waals surface area contributed by atoms with E-state index in [0.29, 0.717) is 6.29 Å². The number of aromatic hydroxyl groups is 2. The van der Waals surface area contributed by atoms with Crippen LogP contribution >= 0.6 is 34.7 Å². The minimum Gasteiger partial charge on any atom is -0.504 e. The third-order valence-corrected chi connectivity index (χ3v) is 10.9. The van der Waals surface area contributed by atoms with Crippen LogP contribution in [0.4, 0.5) is 9.93 Å². The summed E-state index contributed by atoms with van der Waals surface area (Å²) in [7, 11) is 0. The molecule has 0 radical (unpaired) electrons. The smallest absolute Gasteiger partial charge is 0.350 e. The number of aldehydes is 1. The number of fused-ring (bicyclic) bond motifs is 1. The van der Waals surface area contributed by atoms with Gasteiger partial charge in [-0.15, -0.1) is 11.3 Å². The van der Waals surface area contributed by atoms with Gasteiger partial charge >= 0.3 is 23.8 Å². The van der Waals surface area contributed by atoms with Crippen LogP contribution in [0.3, 0.4) is 0 Å². The number of hydroxylamine groups is 2. The van der Waals surface area contributed by atoms with Gasteiger partial charge in [0, 0.05) is 18.5 Å². The van der Waals surface area contributed by atoms with Gasteiger partial charge in [0.25, 0.3) is 11.8 Å². The van der Waals surface area contributed by atoms with Crippen molar-refractivity contribution in [3.63, 3.8) is 0 Å². The summed E-state index contributed by atoms with van der Waals surface area (Å²) in [4.78, 5) is 111. The second-order valence-corrected chi connectivity index (χ2v) is 15.0. The number of carbonyl (C=O) groups excluding carboxylic acids is 7. The molecule has 5 rings (SSSR count). The lowest BCUT2D eigenvalue weighted by Crippen LogP contribution is -2.68. The Morgan fingerprint density at radius 1 is 1.18 bits per heavy atom. The highest BCUT2D eigenvalue weighted by Crippen LogP contribution is 2.48. The van der Waals surface area contributed by atoms with Gasteiger partial charge in [0.1, 0.15) is 17.1 Å². The molecule has 55 heavy (non-hydrogen) atoms. The van der Waals surface area contributed by atoms with Crippen LogP contribution in [0, 0.1) is 0 Å². The number of hydrogen-bond acceptors (Lipinski definition) is 17. The number of hydrazine groups is 1. The van der Waals surface area contributed by atoms with Gasteiger partial charge in [-0.3, -0.25) is 44.3 Å². The molecule has 1 aromatic carbocycles. The van der Waals surface area contributed by atoms with Crippen molar-refractivity contribution < 1.29 is 63.7 Å². The summed E-state index contributed by atoms with van der Waals surface area (Å²) < 4.78 is 0. The largest absolute Gasteiger partial charge is 0.504 e. The van der Waals surface area contributed by atoms with Crippen LogP contribution in [-0.4, -0.2) is 154 Å². The Labute approximate surface area is 321 Å². The molecule has 294 valence electrons. The number of nitrogens with two attached hydrogens (primary N) is 1. The number of rotatable bonds is 13. The van der Waals surface area contributed by atoms with Crippen molar-refractivity contribution in [2.45, 2.75) is 35.7 Å². The number of benzene rings is 1. The molecule has 0 aliphatic carbocycles. The molecule has 0 spiro atoms. The fourth-order valence-corrected chi connectivity index (χ4v) is 7.61. The number of oxime groups is 1. The zero-order chi connectivity index (χ0) is 40.6. The number of nitrogen functional groups attached to an aromatic ring is 1. The van der Waals surface area contributed by atoms with Crippen LogP contribution < -0.4 is 21.8 Å². The molecule has 3 atom stereocenters. The molecule has 2 aromatic rings. The van der Waals surface area contributed by atoms with Gasteiger partial charge in [0.15, 0.2) is 33.5 Å². The summed E-state index contributed by atoms with van der Waals surface area (Å²) >= 11 is 7.66. The lowest BCUT2D eigenvalue weighted by Gasteiger charge is -2.41. The average molecular weight is 827 g/mol. The van der Waals surface area contributed by atoms with Crippen molar-refractivity contribution in [3.05, 3.63) is 33.8 Å². The van der Waals surface area contributed by atoms with Crippen molar-refractivity contribution in [1.29, 1.82) is 0 Å². The highest BCUT2D eigenvalue weighted by Gasteiger charge is 2.63. The van der Waals surface area contributed by atoms with Crippen LogP contribution in [0.25, 0.3) is 0 Å². The van der Waals surface area contributed by atoms with E-state index in [0.717, 1.165) is 45.1 Å². The molecular weight excluding hydrogens is 796 g/mol. The number of nitrogens with zero attached hydrogens (tertiary/aromatic N) is 6. The van der Waals surface area contributed by atoms with E-state index < -0.39 is 98.7 Å². The third-order valence-electron chi connectivity index (χ3n) is 8.27. The van der Waals surface area contributed by atoms with E-state index in [-0.39, 0.29) is 41.1 Å². The van der Waals surface area contributed by atoms with Gasteiger partial charge < -0.3 is 41.4 Å². The number of amides is 7. The number of aliphatic carboxylic acids is 1. The monoisotopic (exact) mass is 826 g/mol. The SMILES string of the molecule is CC(C)(O/N=C(\C(=O)N[C@@H]1C(=O)N2C[C@@](C=O)(N3CCN(NC(=O)C(=O)NCCN(O)C(=O)c4ccc(O)c(O)c4Cl)C3=O)S[C@H]12)c1csc(N)n1)C(=O)O. The van der Waals surface area contributed by atoms with E-state index >= 15 is 0 Å². The third kappa shape index (κ3) is 7.84. The number of urea groups is 1. The van der Waals surface area contributed by atoms with E-state index in [9.17, 15) is 58.9 Å². The van der Waals surface area contributed by atoms with E-state index in [1.165, 1.54) is 24.1 Å². The highest BCUT2D eigenvalue weighted by atomic mass is 35.5. The van der Waals surface area contributed by atoms with Crippen LogP contribution in [0.1, 0.15) is 29.9 Å². The van der Waals surface area contributed by atoms with Crippen LogP contribution in [0.2, 0.25) is 5.02 Å². The van der Waals surface area contributed by atoms with Gasteiger partial charge in [0.05, 0.1) is 30.2 Å². The number of halogens is 1. The molecule has 3 fully saturated rings. The maximum atomic E-state index is 13.4. The quantitative estimate of drug-likeness (QED) is 0.0208. The van der Waals surface area contributed by atoms with Crippen molar-refractivity contribution in [2.24, 2.45) is 5.16 Å². The van der Waals surface area contributed by atoms with Crippen molar-refractivity contribution in [2.75, 3.05) is 38.5 Å². The molecule has 26 heteroatoms. The molecule has 0 unspecified atom stereocenters. The normalized spacial score (nSPS) is 20.7. The first-order valence-corrected chi connectivity index (χ1v) is 17.8. The number of phenolic OH excluding ortho intramolecular Hbond substituents is 2. The predicted molar refractivity (Wildman–Crippen MR) is 187 cm³/mol. The standard InChI is InChI=1S/C29H31ClN10O13S2/c1-28(2,25(49)50)53-36-16(13-9-54-26(31)33-13)19(44)34-17-23(48)37-10-29(11-41,55-24(17)37)38-7-8-39(27(38)51)35-21(46)20(45)32-5-6-40(52)22(47)12-3-4-14(42)18(43)15(12)30/h3-4,9,11,17,24,42-43,52H,5-8,10H2,1-2H3,(H2,31,33)(H,32,45)(H,34,44)(H,35,46)(H,49,50)/b36-16-/t17-,24-,29-/m1/s1. The number of nitrogens with one attached hydrogen (secondary N) is 3. The first-order chi connectivity index (χ1) is 25.8. The Hall–Kier alpha value is -5.92. The Balaban J connectivity index is 1.16. The Bertz CT molecular complexity index is 2010. The van der Waals surface area contributed by atoms with E-state index in [1.807, 2.05) is 0 Å². The summed E-state index contributed by atoms with van der Waals surface area (Å²) in [5.74, 6) is -8.03. The predicted octanol–water partition coefficient (Wildman–Crippen LogP) is -1.91. The number of aromatic nitrogens is 1. The van der Waals surface area contributed by atoms with E-state index in [2.05, 4.69) is 26.2 Å². The molecule has 3 aliphatic heterocycles. The number of phenols is 2. The molecule has 4 heterocycles. The highest BCUT2D eigenvalue weighted by molar-refractivity contribution is 8.02. The summed E-state index contributed by atoms with van der Waals surface area (Å²) in [6, 6.07) is -0.110. The summed E-state index contributed by atoms with van der Waals surface area (Å²) in [6.07, 6.45) is 0.444. The molecular formula is C29H31ClN10O13S2. The zero-order valence-corrected chi connectivity index (χ0v) is 30.8. The molecule has 23 nitrogen and oxygen atoms in total. The van der Waals surface area contributed by atoms with Gasteiger partial charge in [-0.2, -0.15) is 0 Å². The number of thiazole rings is 1. The first kappa shape index (κ1) is 40.3. The van der Waals surface area contributed by atoms with E-state index in [1.54, 1.807) is 0 Å². The minimum absolute atomic E-state index is 0.0605. The maximum absolute atomic E-state index is 13.4. The Morgan fingerprint density at radius 3 is 2.53 bits per heavy atom. The Kier molecular flexibility index (Phi) is 11.3. The maximum Gasteiger partial charge on any atom is 0.350 e. The molecule has 9 N–H and O–H groups in total. The van der Waals surface area contributed by atoms with Gasteiger partial charge in [-0.05, 0) is 26.0 Å². The average Bonchev–Trinajstić information content (AvgIpc) is 3.84. The van der Waals surface area contributed by atoms with Crippen LogP contribution in [-0.2, 0) is 33.6 Å². The number of carboxylic acid groups (broad SMARTS) is 1. The van der Waals surface area contributed by atoms with Gasteiger partial charge in [0.2, 0.25) is 11.5 Å². The molecule has 3 saturated heterocycles. The van der Waals surface area contributed by atoms with Gasteiger partial charge in [-0.1, -0.05) is 28.5 Å². The molecule has 3 aliphatic rings. The first-order valence-electron chi connectivity index (χ1n) is 15.7. The number of hydrogen-bond donors (Lipinski definition) is 8. The fourth-order valence-electron chi connectivity index (χ4n) is 5.21. The minimum atomic E-state index is -1.84. The lowest BCUT2D eigenvalue weighted by molar-refractivity contribution is -0.161. The lowest BCUT2D eigenvalue weighted by atomic mass is 10.1. The number of β-lactam (4-membered cyclic amide) rings is 1. The molecule has 0 saturated carbocycles. The van der Waals surface area contributed by atoms with E-state index in [4.69, 9.17) is 22.2 Å². The van der Waals surface area contributed by atoms with Gasteiger partial charge in [-0.25, -0.2) is 24.6 Å². The second-order valence-electron chi connectivity index (χ2n) is 12.3. The molecule has 1 aromatic heterocycles. The number of carboxylic acids is 1. The topological polar surface area (TPSA) is 327 Å². The Morgan fingerprint density at radius 2 is 1.89 bits per heavy atom.